The smallest absolute Gasteiger partial charge is 0.0354 e. The Hall–Kier alpha value is 0. The highest BCUT2D eigenvalue weighted by Gasteiger charge is 2.26. The van der Waals surface area contributed by atoms with Crippen molar-refractivity contribution in [2.75, 3.05) is 0 Å². The fourth-order valence-electron chi connectivity index (χ4n) is 14.4. The molecule has 0 aromatic heterocycles. The van der Waals surface area contributed by atoms with E-state index in [0.717, 1.165) is 35.5 Å². The molecule has 98 heavy (non-hydrogen) atoms. The van der Waals surface area contributed by atoms with Crippen LogP contribution in [0.15, 0.2) is 0 Å². The van der Waals surface area contributed by atoms with Crippen molar-refractivity contribution >= 4 is 0 Å². The van der Waals surface area contributed by atoms with Crippen molar-refractivity contribution in [1.82, 2.24) is 0 Å². The van der Waals surface area contributed by atoms with E-state index in [1.807, 2.05) is 0 Å². The molecule has 0 aromatic rings. The summed E-state index contributed by atoms with van der Waals surface area (Å²) in [6.07, 6.45) is 71.0. The van der Waals surface area contributed by atoms with Crippen LogP contribution < -0.4 is 0 Å². The van der Waals surface area contributed by atoms with Crippen molar-refractivity contribution in [2.24, 2.45) is 68.0 Å². The molecule has 0 spiro atoms. The predicted octanol–water partition coefficient (Wildman–Crippen LogP) is 39.5. The van der Waals surface area contributed by atoms with Crippen LogP contribution in [0.25, 0.3) is 0 Å². The van der Waals surface area contributed by atoms with E-state index >= 15 is 0 Å². The van der Waals surface area contributed by atoms with Crippen molar-refractivity contribution in [3.8, 4) is 0 Å². The standard InChI is InChI=1S/C20H42.C17H36.C16H34.C15H32.C13H28.C11H24.6CH4/c1-6-8-10-12-13-15-17-19(18-20(3,4)5)16-14-11-9-7-2;1-6-8-10-12-14-16(17(3,4)5)15-13-11-9-7-2;1-6-8-10-11-13-15(12-9-7-2)14-16(3,4)5;1-6-8-10-11-13-14(12-9-7-2)15(3,4)5;1-6-8-10-12(11-9-7-2)13(3,4)5;1-6-8-9-10(7-2)11(3,4)5;;;;;;/h19H,6-18H2,1-5H3;16H,6-15H2,1-5H3;15H,6-14H2,1-5H3;14H,6-13H2,1-5H3;12H,6-11H2,1-5H3;10H,6-9H2,1-5H3;6*1H4. The largest absolute Gasteiger partial charge is 0.0776 e. The zero-order chi connectivity index (χ0) is 71.8. The Kier molecular flexibility index (Phi) is 105. The van der Waals surface area contributed by atoms with Gasteiger partial charge in [0.2, 0.25) is 0 Å². The molecule has 4 atom stereocenters. The first kappa shape index (κ1) is 125. The molecular formula is C98H220. The third-order valence-electron chi connectivity index (χ3n) is 20.9. The van der Waals surface area contributed by atoms with Gasteiger partial charge in [0, 0.05) is 0 Å². The van der Waals surface area contributed by atoms with Crippen molar-refractivity contribution in [3.05, 3.63) is 0 Å². The first-order valence-electron chi connectivity index (χ1n) is 43.1. The van der Waals surface area contributed by atoms with Gasteiger partial charge in [0.25, 0.3) is 0 Å². The Morgan fingerprint density at radius 1 is 0.163 bits per heavy atom. The van der Waals surface area contributed by atoms with E-state index in [0.29, 0.717) is 32.5 Å². The molecule has 0 aliphatic heterocycles. The normalized spacial score (nSPS) is 12.7. The number of hydrogen-bond donors (Lipinski definition) is 0. The molecule has 0 aliphatic rings. The summed E-state index contributed by atoms with van der Waals surface area (Å²) in [5, 5.41) is 0. The quantitative estimate of drug-likeness (QED) is 0.0533. The van der Waals surface area contributed by atoms with Crippen LogP contribution in [0.2, 0.25) is 0 Å². The van der Waals surface area contributed by atoms with Crippen LogP contribution in [0, 0.1) is 68.0 Å². The predicted molar refractivity (Wildman–Crippen MR) is 477 cm³/mol. The van der Waals surface area contributed by atoms with Crippen molar-refractivity contribution in [2.45, 2.75) is 573 Å². The average molecular weight is 1400 g/mol. The third kappa shape index (κ3) is 98.1. The highest BCUT2D eigenvalue weighted by Crippen LogP contribution is 2.38. The summed E-state index contributed by atoms with van der Waals surface area (Å²) >= 11 is 0. The molecular weight excluding hydrogens is 1180 g/mol. The Morgan fingerprint density at radius 3 is 0.490 bits per heavy atom. The minimum atomic E-state index is 0. The fraction of sp³-hybridized carbons (Fsp3) is 1.00. The summed E-state index contributed by atoms with van der Waals surface area (Å²) in [4.78, 5) is 0. The maximum absolute atomic E-state index is 2.43. The van der Waals surface area contributed by atoms with E-state index in [1.165, 1.54) is 321 Å². The maximum Gasteiger partial charge on any atom is -0.0354 e. The van der Waals surface area contributed by atoms with E-state index in [-0.39, 0.29) is 44.6 Å². The van der Waals surface area contributed by atoms with Gasteiger partial charge >= 0.3 is 0 Å². The van der Waals surface area contributed by atoms with Crippen LogP contribution >= 0.6 is 0 Å². The van der Waals surface area contributed by atoms with Gasteiger partial charge in [-0.2, -0.15) is 0 Å². The van der Waals surface area contributed by atoms with Crippen LogP contribution in [0.5, 0.6) is 0 Å². The molecule has 0 amide bonds. The summed E-state index contributed by atoms with van der Waals surface area (Å²) in [5.41, 5.74) is 3.09. The Bertz CT molecular complexity index is 1320. The zero-order valence-electron chi connectivity index (χ0n) is 71.8. The second-order valence-electron chi connectivity index (χ2n) is 37.4. The lowest BCUT2D eigenvalue weighted by Crippen LogP contribution is -2.20. The van der Waals surface area contributed by atoms with Gasteiger partial charge in [-0.1, -0.05) is 516 Å². The highest BCUT2D eigenvalue weighted by atomic mass is 14.3. The molecule has 0 heteroatoms. The van der Waals surface area contributed by atoms with E-state index in [1.54, 1.807) is 0 Å². The summed E-state index contributed by atoms with van der Waals surface area (Å²) in [5.74, 6) is 5.70. The van der Waals surface area contributed by atoms with Gasteiger partial charge in [-0.3, -0.25) is 0 Å². The molecule has 0 saturated heterocycles. The lowest BCUT2D eigenvalue weighted by molar-refractivity contribution is 0.201. The lowest BCUT2D eigenvalue weighted by Gasteiger charge is -2.31. The fourth-order valence-corrected chi connectivity index (χ4v) is 14.4. The lowest BCUT2D eigenvalue weighted by atomic mass is 9.75. The molecule has 0 fully saturated rings. The first-order chi connectivity index (χ1) is 43.1. The van der Waals surface area contributed by atoms with Gasteiger partial charge in [0.05, 0.1) is 0 Å². The van der Waals surface area contributed by atoms with Gasteiger partial charge in [0.15, 0.2) is 0 Å². The molecule has 0 aromatic carbocycles. The second kappa shape index (κ2) is 82.7. The van der Waals surface area contributed by atoms with Gasteiger partial charge in [-0.05, 0) is 126 Å². The van der Waals surface area contributed by atoms with Gasteiger partial charge in [0.1, 0.15) is 0 Å². The molecule has 4 unspecified atom stereocenters. The topological polar surface area (TPSA) is 0 Å². The van der Waals surface area contributed by atoms with Crippen molar-refractivity contribution < 1.29 is 0 Å². The van der Waals surface area contributed by atoms with Gasteiger partial charge in [-0.15, -0.1) is 0 Å². The maximum atomic E-state index is 2.43. The summed E-state index contributed by atoms with van der Waals surface area (Å²) < 4.78 is 0. The molecule has 0 heterocycles. The van der Waals surface area contributed by atoms with Crippen LogP contribution in [0.1, 0.15) is 573 Å². The van der Waals surface area contributed by atoms with E-state index < -0.39 is 0 Å². The van der Waals surface area contributed by atoms with Crippen LogP contribution in [0.3, 0.4) is 0 Å². The Balaban J connectivity index is -0.0000000902. The molecule has 0 saturated carbocycles. The van der Waals surface area contributed by atoms with Gasteiger partial charge in [-0.25, -0.2) is 0 Å². The summed E-state index contributed by atoms with van der Waals surface area (Å²) in [6.45, 7) is 70.7. The molecule has 0 bridgehead atoms. The molecule has 0 aliphatic carbocycles. The summed E-state index contributed by atoms with van der Waals surface area (Å²) in [7, 11) is 0. The van der Waals surface area contributed by atoms with E-state index in [2.05, 4.69) is 208 Å². The molecule has 0 rings (SSSR count). The number of hydrogen-bond acceptors (Lipinski definition) is 0. The van der Waals surface area contributed by atoms with Crippen LogP contribution in [-0.2, 0) is 0 Å². The highest BCUT2D eigenvalue weighted by molar-refractivity contribution is 4.78. The Morgan fingerprint density at radius 2 is 0.306 bits per heavy atom. The average Bonchev–Trinajstić information content (AvgIpc) is 0.975. The third-order valence-corrected chi connectivity index (χ3v) is 20.9. The number of rotatable bonds is 50. The first-order valence-corrected chi connectivity index (χ1v) is 43.1. The SMILES string of the molecule is C.C.C.C.C.C.CCCCC(CC)C(C)(C)C.CCCCC(CCCC)C(C)(C)C.CCCCCCC(CCCC)C(C)(C)C.CCCCCCC(CCCC)CC(C)(C)C.CCCCCCC(CCCCCC)C(C)(C)C.CCCCCCCCC(CCCCCC)CC(C)(C)C. The molecule has 0 N–H and O–H groups in total. The van der Waals surface area contributed by atoms with Crippen molar-refractivity contribution in [1.29, 1.82) is 0 Å². The van der Waals surface area contributed by atoms with Crippen molar-refractivity contribution in [3.63, 3.8) is 0 Å². The molecule has 612 valence electrons. The van der Waals surface area contributed by atoms with E-state index in [9.17, 15) is 0 Å². The monoisotopic (exact) mass is 1400 g/mol. The van der Waals surface area contributed by atoms with Gasteiger partial charge < -0.3 is 0 Å². The number of unbranched alkanes of at least 4 members (excludes halogenated alkanes) is 25. The minimum Gasteiger partial charge on any atom is -0.0776 e. The molecule has 0 radical (unpaired) electrons. The molecule has 0 nitrogen and oxygen atoms in total. The zero-order valence-corrected chi connectivity index (χ0v) is 71.8. The second-order valence-corrected chi connectivity index (χ2v) is 37.4. The summed E-state index contributed by atoms with van der Waals surface area (Å²) in [6, 6.07) is 0. The minimum absolute atomic E-state index is 0. The van der Waals surface area contributed by atoms with Crippen LogP contribution in [-0.4, -0.2) is 0 Å². The van der Waals surface area contributed by atoms with Crippen LogP contribution in [0.4, 0.5) is 0 Å². The van der Waals surface area contributed by atoms with E-state index in [4.69, 9.17) is 0 Å². The Labute approximate surface area is 637 Å².